The third-order valence-electron chi connectivity index (χ3n) is 2.05. The Morgan fingerprint density at radius 2 is 1.62 bits per heavy atom. The highest BCUT2D eigenvalue weighted by Gasteiger charge is 2.06. The van der Waals surface area contributed by atoms with Crippen molar-refractivity contribution in [1.29, 1.82) is 0 Å². The van der Waals surface area contributed by atoms with Crippen LogP contribution in [0.4, 0.5) is 17.1 Å². The Labute approximate surface area is 92.7 Å². The first-order valence-corrected chi connectivity index (χ1v) is 4.77. The molecule has 4 nitrogen and oxygen atoms in total. The fourth-order valence-corrected chi connectivity index (χ4v) is 1.33. The molecular weight excluding hydrogens is 204 g/mol. The summed E-state index contributed by atoms with van der Waals surface area (Å²) < 4.78 is 0. The van der Waals surface area contributed by atoms with Crippen LogP contribution in [0, 0.1) is 10.1 Å². The maximum absolute atomic E-state index is 10.6. The van der Waals surface area contributed by atoms with E-state index in [-0.39, 0.29) is 5.69 Å². The zero-order chi connectivity index (χ0) is 11.4. The van der Waals surface area contributed by atoms with Gasteiger partial charge in [0, 0.05) is 12.1 Å². The van der Waals surface area contributed by atoms with Crippen LogP contribution in [-0.4, -0.2) is 4.92 Å². The molecule has 0 saturated carbocycles. The Hall–Kier alpha value is -2.36. The molecule has 0 amide bonds. The number of nitro benzene ring substituents is 1. The van der Waals surface area contributed by atoms with Crippen LogP contribution in [0.5, 0.6) is 0 Å². The van der Waals surface area contributed by atoms with Gasteiger partial charge in [-0.25, -0.2) is 5.32 Å². The minimum absolute atomic E-state index is 0.0529. The van der Waals surface area contributed by atoms with E-state index < -0.39 is 4.92 Å². The molecule has 0 fully saturated rings. The van der Waals surface area contributed by atoms with Crippen molar-refractivity contribution in [1.82, 2.24) is 5.32 Å². The van der Waals surface area contributed by atoms with Crippen LogP contribution in [0.3, 0.4) is 0 Å². The van der Waals surface area contributed by atoms with E-state index in [2.05, 4.69) is 5.32 Å². The third kappa shape index (κ3) is 2.36. The van der Waals surface area contributed by atoms with Crippen LogP contribution in [0.15, 0.2) is 54.6 Å². The van der Waals surface area contributed by atoms with Crippen LogP contribution in [0.2, 0.25) is 0 Å². The molecule has 16 heavy (non-hydrogen) atoms. The molecule has 0 heterocycles. The summed E-state index contributed by atoms with van der Waals surface area (Å²) in [7, 11) is 0. The predicted octanol–water partition coefficient (Wildman–Crippen LogP) is 3.16. The van der Waals surface area contributed by atoms with Crippen LogP contribution in [0.1, 0.15) is 0 Å². The largest absolute Gasteiger partial charge is 0.271 e. The van der Waals surface area contributed by atoms with Crippen LogP contribution >= 0.6 is 0 Å². The number of hydrogen-bond donors (Lipinski definition) is 0. The summed E-state index contributed by atoms with van der Waals surface area (Å²) in [6.45, 7) is 0. The molecule has 0 aliphatic rings. The van der Waals surface area contributed by atoms with Gasteiger partial charge in [-0.05, 0) is 18.2 Å². The Morgan fingerprint density at radius 1 is 0.938 bits per heavy atom. The maximum Gasteiger partial charge on any atom is 0.271 e. The Bertz CT molecular complexity index is 497. The fourth-order valence-electron chi connectivity index (χ4n) is 1.33. The third-order valence-corrected chi connectivity index (χ3v) is 2.05. The Balaban J connectivity index is 2.22. The average Bonchev–Trinajstić information content (AvgIpc) is 2.30. The monoisotopic (exact) mass is 213 g/mol. The molecule has 0 saturated heterocycles. The molecule has 0 N–H and O–H groups in total. The minimum Gasteiger partial charge on any atom is -0.258 e. The summed E-state index contributed by atoms with van der Waals surface area (Å²) in [5.41, 5.74) is 1.42. The lowest BCUT2D eigenvalue weighted by Gasteiger charge is -2.01. The van der Waals surface area contributed by atoms with Gasteiger partial charge in [-0.15, -0.1) is 0 Å². The highest BCUT2D eigenvalue weighted by atomic mass is 16.6. The second kappa shape index (κ2) is 4.44. The van der Waals surface area contributed by atoms with Crippen LogP contribution < -0.4 is 5.32 Å². The highest BCUT2D eigenvalue weighted by Crippen LogP contribution is 2.21. The lowest BCUT2D eigenvalue weighted by Crippen LogP contribution is -1.91. The van der Waals surface area contributed by atoms with Crippen molar-refractivity contribution in [3.8, 4) is 0 Å². The number of non-ortho nitro benzene ring substituents is 1. The molecule has 79 valence electrons. The van der Waals surface area contributed by atoms with Crippen LogP contribution in [0.25, 0.3) is 0 Å². The van der Waals surface area contributed by atoms with Crippen LogP contribution in [-0.2, 0) is 0 Å². The summed E-state index contributed by atoms with van der Waals surface area (Å²) in [5, 5.41) is 14.8. The van der Waals surface area contributed by atoms with Crippen molar-refractivity contribution < 1.29 is 4.92 Å². The van der Waals surface area contributed by atoms with E-state index in [1.54, 1.807) is 12.1 Å². The number of nitrogens with zero attached hydrogens (tertiary/aromatic N) is 2. The molecule has 2 rings (SSSR count). The quantitative estimate of drug-likeness (QED) is 0.580. The molecule has 4 heteroatoms. The molecule has 1 radical (unpaired) electrons. The molecule has 0 aromatic heterocycles. The summed E-state index contributed by atoms with van der Waals surface area (Å²) in [6, 6.07) is 15.6. The minimum atomic E-state index is -0.427. The number of hydrogen-bond acceptors (Lipinski definition) is 2. The topological polar surface area (TPSA) is 57.2 Å². The van der Waals surface area contributed by atoms with Gasteiger partial charge in [0.15, 0.2) is 0 Å². The van der Waals surface area contributed by atoms with Gasteiger partial charge in [0.05, 0.1) is 16.3 Å². The zero-order valence-corrected chi connectivity index (χ0v) is 8.41. The van der Waals surface area contributed by atoms with Gasteiger partial charge in [0.1, 0.15) is 0 Å². The molecule has 0 aliphatic heterocycles. The van der Waals surface area contributed by atoms with Crippen molar-refractivity contribution in [2.75, 3.05) is 0 Å². The highest BCUT2D eigenvalue weighted by molar-refractivity contribution is 5.52. The van der Waals surface area contributed by atoms with E-state index in [9.17, 15) is 10.1 Å². The van der Waals surface area contributed by atoms with Crippen molar-refractivity contribution in [2.24, 2.45) is 0 Å². The normalized spacial score (nSPS) is 9.75. The summed E-state index contributed by atoms with van der Waals surface area (Å²) in [4.78, 5) is 10.1. The van der Waals surface area contributed by atoms with Crippen molar-refractivity contribution in [3.63, 3.8) is 0 Å². The molecular formula is C12H9N2O2. The van der Waals surface area contributed by atoms with Crippen molar-refractivity contribution in [3.05, 3.63) is 64.7 Å². The second-order valence-corrected chi connectivity index (χ2v) is 3.22. The lowest BCUT2D eigenvalue weighted by atomic mass is 10.2. The summed E-state index contributed by atoms with van der Waals surface area (Å²) >= 11 is 0. The number of benzene rings is 2. The Morgan fingerprint density at radius 3 is 2.31 bits per heavy atom. The standard InChI is InChI=1S/C12H9N2O2/c15-14(16)12-8-4-7-11(9-12)13-10-5-2-1-3-6-10/h1-9H. The molecule has 0 atom stereocenters. The molecule has 0 bridgehead atoms. The summed E-state index contributed by atoms with van der Waals surface area (Å²) in [6.07, 6.45) is 0. The van der Waals surface area contributed by atoms with Gasteiger partial charge < -0.3 is 0 Å². The maximum atomic E-state index is 10.6. The second-order valence-electron chi connectivity index (χ2n) is 3.22. The Kier molecular flexibility index (Phi) is 2.82. The predicted molar refractivity (Wildman–Crippen MR) is 61.0 cm³/mol. The van der Waals surface area contributed by atoms with Gasteiger partial charge in [0.25, 0.3) is 5.69 Å². The van der Waals surface area contributed by atoms with E-state index in [0.29, 0.717) is 5.69 Å². The van der Waals surface area contributed by atoms with Gasteiger partial charge >= 0.3 is 0 Å². The lowest BCUT2D eigenvalue weighted by molar-refractivity contribution is -0.384. The number of rotatable bonds is 3. The first-order chi connectivity index (χ1) is 7.75. The number of nitro groups is 1. The first kappa shape index (κ1) is 10.2. The fraction of sp³-hybridized carbons (Fsp3) is 0. The summed E-state index contributed by atoms with van der Waals surface area (Å²) in [5.74, 6) is 0. The van der Waals surface area contributed by atoms with E-state index in [4.69, 9.17) is 0 Å². The smallest absolute Gasteiger partial charge is 0.258 e. The van der Waals surface area contributed by atoms with Crippen molar-refractivity contribution >= 4 is 17.1 Å². The molecule has 0 aliphatic carbocycles. The molecule has 2 aromatic carbocycles. The van der Waals surface area contributed by atoms with E-state index >= 15 is 0 Å². The molecule has 2 aromatic rings. The number of para-hydroxylation sites is 1. The van der Waals surface area contributed by atoms with Gasteiger partial charge in [-0.1, -0.05) is 24.3 Å². The first-order valence-electron chi connectivity index (χ1n) is 4.77. The SMILES string of the molecule is O=[N+]([O-])c1cccc([N]c2ccccc2)c1. The van der Waals surface area contributed by atoms with Gasteiger partial charge in [-0.3, -0.25) is 10.1 Å². The van der Waals surface area contributed by atoms with E-state index in [1.165, 1.54) is 12.1 Å². The van der Waals surface area contributed by atoms with Gasteiger partial charge in [-0.2, -0.15) is 0 Å². The zero-order valence-electron chi connectivity index (χ0n) is 8.41. The average molecular weight is 213 g/mol. The van der Waals surface area contributed by atoms with E-state index in [0.717, 1.165) is 5.69 Å². The molecule has 0 spiro atoms. The van der Waals surface area contributed by atoms with Crippen molar-refractivity contribution in [2.45, 2.75) is 0 Å². The van der Waals surface area contributed by atoms with Gasteiger partial charge in [0.2, 0.25) is 0 Å². The molecule has 0 unspecified atom stereocenters. The van der Waals surface area contributed by atoms with E-state index in [1.807, 2.05) is 30.3 Å².